The summed E-state index contributed by atoms with van der Waals surface area (Å²) in [7, 11) is -0.691. The predicted molar refractivity (Wildman–Crippen MR) is 96.6 cm³/mol. The number of amides is 1. The van der Waals surface area contributed by atoms with E-state index in [9.17, 15) is 9.90 Å². The lowest BCUT2D eigenvalue weighted by molar-refractivity contribution is -0.115. The number of ether oxygens (including phenoxy) is 1. The van der Waals surface area contributed by atoms with E-state index in [-0.39, 0.29) is 19.1 Å². The molecule has 1 aromatic carbocycles. The highest BCUT2D eigenvalue weighted by Gasteiger charge is 2.10. The summed E-state index contributed by atoms with van der Waals surface area (Å²) < 4.78 is 5.29. The standard InChI is InChI=1S/C14H22INO4S/c1-21(2,15)8-7-14(19)16-11-3-5-13(6-4-11)20-10-12(18)9-17/h3-6,12,17-18H,7-10H2,1-2H3,(H,16,19). The Balaban J connectivity index is 2.42. The molecule has 1 aromatic rings. The maximum Gasteiger partial charge on any atom is 0.225 e. The zero-order valence-corrected chi connectivity index (χ0v) is 15.2. The van der Waals surface area contributed by atoms with Gasteiger partial charge in [0.15, 0.2) is 0 Å². The minimum atomic E-state index is -0.886. The summed E-state index contributed by atoms with van der Waals surface area (Å²) >= 11 is 2.41. The molecule has 1 rings (SSSR count). The molecule has 0 aliphatic rings. The molecule has 0 radical (unpaired) electrons. The Morgan fingerprint density at radius 2 is 2.00 bits per heavy atom. The van der Waals surface area contributed by atoms with Crippen molar-refractivity contribution in [2.45, 2.75) is 12.5 Å². The van der Waals surface area contributed by atoms with E-state index in [1.807, 2.05) is 0 Å². The van der Waals surface area contributed by atoms with E-state index in [2.05, 4.69) is 39.0 Å². The number of carbonyl (C=O) groups excluding carboxylic acids is 1. The van der Waals surface area contributed by atoms with Crippen molar-refractivity contribution in [1.82, 2.24) is 0 Å². The number of halogens is 1. The first-order valence-electron chi connectivity index (χ1n) is 6.52. The number of aliphatic hydroxyl groups excluding tert-OH is 2. The molecule has 1 amide bonds. The average molecular weight is 427 g/mol. The van der Waals surface area contributed by atoms with Crippen LogP contribution in [0.15, 0.2) is 24.3 Å². The number of hydrogen-bond acceptors (Lipinski definition) is 4. The largest absolute Gasteiger partial charge is 0.491 e. The molecule has 0 aliphatic heterocycles. The van der Waals surface area contributed by atoms with Gasteiger partial charge in [-0.1, -0.05) is 0 Å². The summed E-state index contributed by atoms with van der Waals surface area (Å²) in [5.74, 6) is 1.49. The Morgan fingerprint density at radius 3 is 2.52 bits per heavy atom. The molecule has 0 heterocycles. The Kier molecular flexibility index (Phi) is 7.78. The van der Waals surface area contributed by atoms with Crippen LogP contribution in [0.3, 0.4) is 0 Å². The van der Waals surface area contributed by atoms with Gasteiger partial charge in [0.1, 0.15) is 18.5 Å². The predicted octanol–water partition coefficient (Wildman–Crippen LogP) is 2.16. The molecule has 7 heteroatoms. The van der Waals surface area contributed by atoms with E-state index in [0.29, 0.717) is 12.2 Å². The van der Waals surface area contributed by atoms with Crippen molar-refractivity contribution < 1.29 is 19.7 Å². The number of rotatable bonds is 8. The van der Waals surface area contributed by atoms with Crippen LogP contribution in [-0.2, 0) is 4.79 Å². The van der Waals surface area contributed by atoms with E-state index < -0.39 is 13.3 Å². The number of anilines is 1. The van der Waals surface area contributed by atoms with Crippen molar-refractivity contribution in [2.75, 3.05) is 36.8 Å². The maximum absolute atomic E-state index is 11.8. The molecule has 0 spiro atoms. The lowest BCUT2D eigenvalue weighted by atomic mass is 10.3. The highest BCUT2D eigenvalue weighted by molar-refractivity contribution is 14.2. The first-order chi connectivity index (χ1) is 9.80. The van der Waals surface area contributed by atoms with E-state index in [4.69, 9.17) is 9.84 Å². The van der Waals surface area contributed by atoms with Crippen LogP contribution in [0.2, 0.25) is 0 Å². The van der Waals surface area contributed by atoms with Gasteiger partial charge in [-0.25, -0.2) is 0 Å². The number of benzene rings is 1. The lowest BCUT2D eigenvalue weighted by Crippen LogP contribution is -2.21. The van der Waals surface area contributed by atoms with Gasteiger partial charge >= 0.3 is 0 Å². The average Bonchev–Trinajstić information content (AvgIpc) is 2.43. The third-order valence-electron chi connectivity index (χ3n) is 2.61. The third-order valence-corrected chi connectivity index (χ3v) is 5.10. The highest BCUT2D eigenvalue weighted by atomic mass is 127. The number of hydrogen-bond donors (Lipinski definition) is 3. The van der Waals surface area contributed by atoms with Gasteiger partial charge in [0, 0.05) is 12.1 Å². The van der Waals surface area contributed by atoms with Crippen LogP contribution >= 0.6 is 28.4 Å². The van der Waals surface area contributed by atoms with Gasteiger partial charge in [0.05, 0.1) is 6.61 Å². The van der Waals surface area contributed by atoms with Crippen molar-refractivity contribution in [3.8, 4) is 5.75 Å². The third kappa shape index (κ3) is 8.50. The molecule has 0 aromatic heterocycles. The van der Waals surface area contributed by atoms with Gasteiger partial charge in [-0.05, 0) is 63.7 Å². The van der Waals surface area contributed by atoms with Crippen LogP contribution in [0, 0.1) is 0 Å². The Bertz CT molecular complexity index is 447. The summed E-state index contributed by atoms with van der Waals surface area (Å²) in [6, 6.07) is 6.93. The molecule has 1 atom stereocenters. The van der Waals surface area contributed by atoms with Gasteiger partial charge in [0.25, 0.3) is 0 Å². The van der Waals surface area contributed by atoms with E-state index in [1.165, 1.54) is 0 Å². The van der Waals surface area contributed by atoms with Crippen LogP contribution < -0.4 is 10.1 Å². The van der Waals surface area contributed by atoms with Gasteiger partial charge in [-0.3, -0.25) is 4.79 Å². The van der Waals surface area contributed by atoms with Crippen molar-refractivity contribution in [3.05, 3.63) is 24.3 Å². The van der Waals surface area contributed by atoms with Gasteiger partial charge in [-0.15, -0.1) is 0 Å². The van der Waals surface area contributed by atoms with E-state index in [0.717, 1.165) is 11.4 Å². The molecule has 0 saturated carbocycles. The second-order valence-corrected chi connectivity index (χ2v) is 15.4. The van der Waals surface area contributed by atoms with Crippen molar-refractivity contribution >= 4 is 40.0 Å². The van der Waals surface area contributed by atoms with Crippen molar-refractivity contribution in [3.63, 3.8) is 0 Å². The van der Waals surface area contributed by atoms with Gasteiger partial charge in [0.2, 0.25) is 5.91 Å². The van der Waals surface area contributed by atoms with Gasteiger partial charge in [-0.2, -0.15) is 7.20 Å². The van der Waals surface area contributed by atoms with Crippen LogP contribution in [-0.4, -0.2) is 53.7 Å². The Hall–Kier alpha value is -0.510. The minimum absolute atomic E-state index is 0.0108. The van der Waals surface area contributed by atoms with Crippen LogP contribution in [0.25, 0.3) is 0 Å². The fraction of sp³-hybridized carbons (Fsp3) is 0.500. The van der Waals surface area contributed by atoms with E-state index in [1.54, 1.807) is 24.3 Å². The monoisotopic (exact) mass is 427 g/mol. The fourth-order valence-corrected chi connectivity index (χ4v) is 2.77. The SMILES string of the molecule is CS(C)(I)CCC(=O)Nc1ccc(OCC(O)CO)cc1. The zero-order chi connectivity index (χ0) is 15.9. The minimum Gasteiger partial charge on any atom is -0.491 e. The Morgan fingerprint density at radius 1 is 1.38 bits per heavy atom. The molecule has 5 nitrogen and oxygen atoms in total. The summed E-state index contributed by atoms with van der Waals surface area (Å²) in [6.07, 6.45) is 3.98. The molecule has 21 heavy (non-hydrogen) atoms. The quantitative estimate of drug-likeness (QED) is 0.556. The molecular formula is C14H22INO4S. The molecule has 0 fully saturated rings. The van der Waals surface area contributed by atoms with Crippen molar-refractivity contribution in [1.29, 1.82) is 0 Å². The Labute approximate surface area is 139 Å². The first-order valence-corrected chi connectivity index (χ1v) is 11.7. The van der Waals surface area contributed by atoms with Gasteiger partial charge < -0.3 is 20.3 Å². The molecular weight excluding hydrogens is 405 g/mol. The van der Waals surface area contributed by atoms with Crippen molar-refractivity contribution in [2.24, 2.45) is 0 Å². The lowest BCUT2D eigenvalue weighted by Gasteiger charge is -2.21. The second-order valence-electron chi connectivity index (χ2n) is 5.08. The van der Waals surface area contributed by atoms with Crippen LogP contribution in [0.1, 0.15) is 6.42 Å². The first kappa shape index (κ1) is 18.5. The fourth-order valence-electron chi connectivity index (χ4n) is 1.44. The summed E-state index contributed by atoms with van der Waals surface area (Å²) in [4.78, 5) is 11.8. The number of aliphatic hydroxyl groups is 2. The topological polar surface area (TPSA) is 78.8 Å². The van der Waals surface area contributed by atoms with E-state index >= 15 is 0 Å². The molecule has 120 valence electrons. The maximum atomic E-state index is 11.8. The summed E-state index contributed by atoms with van der Waals surface area (Å²) in [5, 5.41) is 20.7. The van der Waals surface area contributed by atoms with Crippen LogP contribution in [0.4, 0.5) is 5.69 Å². The molecule has 1 unspecified atom stereocenters. The zero-order valence-electron chi connectivity index (χ0n) is 12.2. The summed E-state index contributed by atoms with van der Waals surface area (Å²) in [5.41, 5.74) is 0.719. The molecule has 0 bridgehead atoms. The molecule has 3 N–H and O–H groups in total. The smallest absolute Gasteiger partial charge is 0.225 e. The normalized spacial score (nSPS) is 13.6. The number of nitrogens with one attached hydrogen (secondary N) is 1. The summed E-state index contributed by atoms with van der Waals surface area (Å²) in [6.45, 7) is -0.293. The number of carbonyl (C=O) groups is 1. The van der Waals surface area contributed by atoms with Crippen LogP contribution in [0.5, 0.6) is 5.75 Å². The molecule has 0 aliphatic carbocycles. The highest BCUT2D eigenvalue weighted by Crippen LogP contribution is 2.49. The molecule has 0 saturated heterocycles. The second kappa shape index (κ2) is 8.82.